The van der Waals surface area contributed by atoms with Crippen molar-refractivity contribution < 1.29 is 23.6 Å². The van der Waals surface area contributed by atoms with Gasteiger partial charge in [0.05, 0.1) is 6.04 Å². The molecule has 13 heteroatoms. The standard InChI is InChI=1S/C34H48ClN7O5/c1-20(2)17-26-33(45)42(5)28(19-23-18-24(35)14-15-25(23)32-40-39-21(3)47-32)30(43)37-16-10-8-6-7-9-11-27(31(44)38-26)41(4)34(46)29(36)22-12-13-22/h7,9,14-15,18,20,22,26-29H,6,8,10-13,16-17,19,36H2,1-5H3,(H,37,43)(H,38,44)/b9-7+/t26-,27-,28-,29-/m0/s1. The molecule has 1 aromatic carbocycles. The minimum absolute atomic E-state index is 0.0387. The summed E-state index contributed by atoms with van der Waals surface area (Å²) in [6, 6.07) is 1.78. The van der Waals surface area contributed by atoms with E-state index in [1.54, 1.807) is 39.2 Å². The van der Waals surface area contributed by atoms with Gasteiger partial charge in [0.2, 0.25) is 35.4 Å². The van der Waals surface area contributed by atoms with Crippen LogP contribution in [0, 0.1) is 18.8 Å². The van der Waals surface area contributed by atoms with Crippen molar-refractivity contribution in [1.29, 1.82) is 0 Å². The minimum Gasteiger partial charge on any atom is -0.421 e. The van der Waals surface area contributed by atoms with E-state index in [0.717, 1.165) is 32.1 Å². The monoisotopic (exact) mass is 669 g/mol. The molecular formula is C34H48ClN7O5. The van der Waals surface area contributed by atoms with E-state index >= 15 is 0 Å². The maximum absolute atomic E-state index is 14.3. The number of rotatable bonds is 8. The first-order chi connectivity index (χ1) is 22.4. The van der Waals surface area contributed by atoms with Crippen LogP contribution in [-0.2, 0) is 25.6 Å². The Kier molecular flexibility index (Phi) is 12.6. The molecule has 47 heavy (non-hydrogen) atoms. The largest absolute Gasteiger partial charge is 0.421 e. The van der Waals surface area contributed by atoms with Crippen molar-refractivity contribution in [2.45, 2.75) is 96.3 Å². The van der Waals surface area contributed by atoms with Gasteiger partial charge in [-0.2, -0.15) is 0 Å². The van der Waals surface area contributed by atoms with Crippen molar-refractivity contribution in [2.75, 3.05) is 20.6 Å². The zero-order valence-electron chi connectivity index (χ0n) is 28.0. The van der Waals surface area contributed by atoms with Gasteiger partial charge in [0.1, 0.15) is 18.1 Å². The number of hydrogen-bond acceptors (Lipinski definition) is 8. The van der Waals surface area contributed by atoms with Crippen molar-refractivity contribution in [2.24, 2.45) is 17.6 Å². The molecular weight excluding hydrogens is 622 g/mol. The van der Waals surface area contributed by atoms with E-state index in [1.165, 1.54) is 9.80 Å². The lowest BCUT2D eigenvalue weighted by Gasteiger charge is -2.34. The second-order valence-corrected chi connectivity index (χ2v) is 13.5. The van der Waals surface area contributed by atoms with Gasteiger partial charge >= 0.3 is 0 Å². The molecule has 0 spiro atoms. The summed E-state index contributed by atoms with van der Waals surface area (Å²) in [6.45, 7) is 6.03. The fraction of sp³-hybridized carbons (Fsp3) is 0.588. The summed E-state index contributed by atoms with van der Waals surface area (Å²) in [5.74, 6) is -0.651. The summed E-state index contributed by atoms with van der Waals surface area (Å²) in [6.07, 6.45) is 8.68. The highest BCUT2D eigenvalue weighted by Crippen LogP contribution is 2.32. The first-order valence-electron chi connectivity index (χ1n) is 16.5. The van der Waals surface area contributed by atoms with Gasteiger partial charge in [-0.3, -0.25) is 19.2 Å². The third-order valence-electron chi connectivity index (χ3n) is 8.83. The lowest BCUT2D eigenvalue weighted by atomic mass is 9.96. The molecule has 1 aliphatic heterocycles. The third kappa shape index (κ3) is 9.63. The van der Waals surface area contributed by atoms with E-state index in [1.807, 2.05) is 26.0 Å². The molecule has 4 atom stereocenters. The average molecular weight is 670 g/mol. The van der Waals surface area contributed by atoms with Crippen molar-refractivity contribution in [3.63, 3.8) is 0 Å². The fourth-order valence-electron chi connectivity index (χ4n) is 5.87. The van der Waals surface area contributed by atoms with Gasteiger partial charge in [-0.15, -0.1) is 10.2 Å². The zero-order chi connectivity index (χ0) is 34.2. The normalized spacial score (nSPS) is 23.3. The topological polar surface area (TPSA) is 164 Å². The first-order valence-corrected chi connectivity index (χ1v) is 16.9. The Morgan fingerprint density at radius 3 is 2.55 bits per heavy atom. The Balaban J connectivity index is 1.67. The Labute approximate surface area is 281 Å². The number of carbonyl (C=O) groups is 4. The summed E-state index contributed by atoms with van der Waals surface area (Å²) in [5.41, 5.74) is 7.50. The van der Waals surface area contributed by atoms with Crippen LogP contribution in [-0.4, -0.2) is 88.4 Å². The molecule has 1 aliphatic carbocycles. The number of halogens is 1. The predicted octanol–water partition coefficient (Wildman–Crippen LogP) is 3.41. The van der Waals surface area contributed by atoms with Crippen LogP contribution in [0.25, 0.3) is 11.5 Å². The van der Waals surface area contributed by atoms with Crippen LogP contribution in [0.15, 0.2) is 34.8 Å². The number of carbonyl (C=O) groups excluding carboxylic acids is 4. The van der Waals surface area contributed by atoms with Crippen LogP contribution >= 0.6 is 11.6 Å². The van der Waals surface area contributed by atoms with E-state index in [2.05, 4.69) is 20.8 Å². The molecule has 1 fully saturated rings. The second-order valence-electron chi connectivity index (χ2n) is 13.1. The number of hydrogen-bond donors (Lipinski definition) is 3. The van der Waals surface area contributed by atoms with Crippen LogP contribution in [0.2, 0.25) is 5.02 Å². The van der Waals surface area contributed by atoms with E-state index in [4.69, 9.17) is 21.8 Å². The molecule has 4 amide bonds. The summed E-state index contributed by atoms with van der Waals surface area (Å²) >= 11 is 6.40. The molecule has 256 valence electrons. The van der Waals surface area contributed by atoms with Crippen LogP contribution in [0.1, 0.15) is 70.2 Å². The predicted molar refractivity (Wildman–Crippen MR) is 179 cm³/mol. The van der Waals surface area contributed by atoms with Gasteiger partial charge in [-0.05, 0) is 80.5 Å². The van der Waals surface area contributed by atoms with E-state index in [0.29, 0.717) is 35.0 Å². The number of benzene rings is 1. The number of likely N-dealkylation sites (N-methyl/N-ethyl adjacent to an activating group) is 2. The molecule has 2 aliphatic rings. The highest BCUT2D eigenvalue weighted by Gasteiger charge is 2.39. The molecule has 2 aromatic rings. The molecule has 0 saturated heterocycles. The Bertz CT molecular complexity index is 1460. The van der Waals surface area contributed by atoms with Gasteiger partial charge in [0.25, 0.3) is 0 Å². The zero-order valence-corrected chi connectivity index (χ0v) is 28.8. The van der Waals surface area contributed by atoms with Crippen LogP contribution in [0.5, 0.6) is 0 Å². The van der Waals surface area contributed by atoms with Gasteiger partial charge in [-0.25, -0.2) is 0 Å². The number of nitrogens with two attached hydrogens (primary N) is 1. The van der Waals surface area contributed by atoms with Gasteiger partial charge in [-0.1, -0.05) is 37.6 Å². The van der Waals surface area contributed by atoms with Gasteiger partial charge < -0.3 is 30.6 Å². The summed E-state index contributed by atoms with van der Waals surface area (Å²) in [5, 5.41) is 14.5. The molecule has 1 saturated carbocycles. The minimum atomic E-state index is -0.945. The first kappa shape index (κ1) is 36.1. The highest BCUT2D eigenvalue weighted by atomic mass is 35.5. The van der Waals surface area contributed by atoms with Gasteiger partial charge in [0, 0.05) is 44.6 Å². The lowest BCUT2D eigenvalue weighted by molar-refractivity contribution is -0.144. The fourth-order valence-corrected chi connectivity index (χ4v) is 6.06. The SMILES string of the molecule is Cc1nnc(-c2ccc(Cl)cc2C[C@H]2C(=O)NCCCC/C=C/C[C@H](N(C)C(=O)[C@@H](N)C3CC3)C(=O)N[C@@H](CC(C)C)C(=O)N2C)o1. The van der Waals surface area contributed by atoms with Crippen LogP contribution in [0.3, 0.4) is 0 Å². The van der Waals surface area contributed by atoms with Crippen molar-refractivity contribution in [3.8, 4) is 11.5 Å². The number of amides is 4. The van der Waals surface area contributed by atoms with Crippen LogP contribution in [0.4, 0.5) is 0 Å². The third-order valence-corrected chi connectivity index (χ3v) is 9.07. The molecule has 0 unspecified atom stereocenters. The number of nitrogens with zero attached hydrogens (tertiary/aromatic N) is 4. The number of aromatic nitrogens is 2. The summed E-state index contributed by atoms with van der Waals surface area (Å²) < 4.78 is 5.69. The van der Waals surface area contributed by atoms with E-state index in [-0.39, 0.29) is 42.4 Å². The molecule has 2 heterocycles. The van der Waals surface area contributed by atoms with Gasteiger partial charge in [0.15, 0.2) is 0 Å². The van der Waals surface area contributed by atoms with E-state index < -0.39 is 36.0 Å². The van der Waals surface area contributed by atoms with Crippen molar-refractivity contribution in [3.05, 3.63) is 46.8 Å². The quantitative estimate of drug-likeness (QED) is 0.360. The lowest BCUT2D eigenvalue weighted by Crippen LogP contribution is -2.58. The second kappa shape index (κ2) is 16.4. The number of allylic oxidation sites excluding steroid dienone is 1. The Hall–Kier alpha value is -3.77. The molecule has 0 radical (unpaired) electrons. The maximum atomic E-state index is 14.3. The molecule has 1 aromatic heterocycles. The van der Waals surface area contributed by atoms with E-state index in [9.17, 15) is 19.2 Å². The van der Waals surface area contributed by atoms with Crippen molar-refractivity contribution >= 4 is 35.2 Å². The smallest absolute Gasteiger partial charge is 0.247 e. The summed E-state index contributed by atoms with van der Waals surface area (Å²) in [4.78, 5) is 58.0. The average Bonchev–Trinajstić information content (AvgIpc) is 3.79. The summed E-state index contributed by atoms with van der Waals surface area (Å²) in [7, 11) is 3.17. The number of nitrogens with one attached hydrogen (secondary N) is 2. The molecule has 4 N–H and O–H groups in total. The molecule has 0 bridgehead atoms. The van der Waals surface area contributed by atoms with Crippen LogP contribution < -0.4 is 16.4 Å². The van der Waals surface area contributed by atoms with Crippen molar-refractivity contribution in [1.82, 2.24) is 30.6 Å². The molecule has 12 nitrogen and oxygen atoms in total. The highest BCUT2D eigenvalue weighted by molar-refractivity contribution is 6.30. The Morgan fingerprint density at radius 2 is 1.89 bits per heavy atom. The maximum Gasteiger partial charge on any atom is 0.247 e. The Morgan fingerprint density at radius 1 is 1.15 bits per heavy atom. The molecule has 4 rings (SSSR count). The number of aryl methyl sites for hydroxylation is 1.